The Morgan fingerprint density at radius 1 is 0.500 bits per heavy atom. The van der Waals surface area contributed by atoms with Crippen molar-refractivity contribution in [3.8, 4) is 0 Å². The predicted octanol–water partition coefficient (Wildman–Crippen LogP) is 6.94. The van der Waals surface area contributed by atoms with Crippen LogP contribution in [0.4, 0.5) is 0 Å². The second kappa shape index (κ2) is 9.11. The third kappa shape index (κ3) is 6.64. The Morgan fingerprint density at radius 3 is 0.950 bits per heavy atom. The van der Waals surface area contributed by atoms with Crippen LogP contribution in [0.25, 0.3) is 0 Å². The molecule has 0 spiro atoms. The van der Waals surface area contributed by atoms with Crippen molar-refractivity contribution < 1.29 is 0 Å². The van der Waals surface area contributed by atoms with E-state index in [9.17, 15) is 0 Å². The standard InChI is InChI=1S/2C10H20/c2*1-8(2)10-6-4-9(3)5-7-10/h2*8-10H,4-7H2,1-3H3. The molecular weight excluding hydrogens is 240 g/mol. The van der Waals surface area contributed by atoms with Crippen LogP contribution in [-0.4, -0.2) is 0 Å². The lowest BCUT2D eigenvalue weighted by Crippen LogP contribution is -2.16. The van der Waals surface area contributed by atoms with E-state index in [-0.39, 0.29) is 0 Å². The Labute approximate surface area is 129 Å². The molecular formula is C20H40. The molecule has 2 rings (SSSR count). The molecule has 0 unspecified atom stereocenters. The van der Waals surface area contributed by atoms with Crippen LogP contribution in [0.15, 0.2) is 0 Å². The van der Waals surface area contributed by atoms with Gasteiger partial charge in [0.05, 0.1) is 0 Å². The highest BCUT2D eigenvalue weighted by molar-refractivity contribution is 4.72. The average Bonchev–Trinajstić information content (AvgIpc) is 2.40. The molecule has 2 aliphatic carbocycles. The second-order valence-corrected chi connectivity index (χ2v) is 8.53. The highest BCUT2D eigenvalue weighted by Crippen LogP contribution is 2.33. The summed E-state index contributed by atoms with van der Waals surface area (Å²) < 4.78 is 0. The lowest BCUT2D eigenvalue weighted by atomic mass is 9.78. The minimum Gasteiger partial charge on any atom is -0.0625 e. The summed E-state index contributed by atoms with van der Waals surface area (Å²) in [7, 11) is 0. The Bertz CT molecular complexity index is 198. The molecule has 120 valence electrons. The van der Waals surface area contributed by atoms with Gasteiger partial charge in [-0.3, -0.25) is 0 Å². The van der Waals surface area contributed by atoms with E-state index in [0.717, 1.165) is 35.5 Å². The Kier molecular flexibility index (Phi) is 8.22. The predicted molar refractivity (Wildman–Crippen MR) is 91.9 cm³/mol. The highest BCUT2D eigenvalue weighted by atomic mass is 14.3. The largest absolute Gasteiger partial charge is 0.0625 e. The molecule has 2 saturated carbocycles. The van der Waals surface area contributed by atoms with E-state index in [1.807, 2.05) is 0 Å². The number of hydrogen-bond acceptors (Lipinski definition) is 0. The van der Waals surface area contributed by atoms with Gasteiger partial charge in [0.2, 0.25) is 0 Å². The van der Waals surface area contributed by atoms with Crippen molar-refractivity contribution >= 4 is 0 Å². The summed E-state index contributed by atoms with van der Waals surface area (Å²) in [5, 5.41) is 0. The maximum atomic E-state index is 2.39. The van der Waals surface area contributed by atoms with Gasteiger partial charge in [0.25, 0.3) is 0 Å². The SMILES string of the molecule is CC1CCC(C(C)C)CC1.CC1CCC(C(C)C)CC1. The summed E-state index contributed by atoms with van der Waals surface area (Å²) in [4.78, 5) is 0. The van der Waals surface area contributed by atoms with Crippen LogP contribution in [0, 0.1) is 35.5 Å². The average molecular weight is 281 g/mol. The second-order valence-electron chi connectivity index (χ2n) is 8.53. The molecule has 0 heterocycles. The molecule has 0 aromatic carbocycles. The lowest BCUT2D eigenvalue weighted by molar-refractivity contribution is 0.234. The smallest absolute Gasteiger partial charge is 0.0391 e. The van der Waals surface area contributed by atoms with Crippen LogP contribution in [-0.2, 0) is 0 Å². The minimum atomic E-state index is 0.924. The molecule has 20 heavy (non-hydrogen) atoms. The van der Waals surface area contributed by atoms with E-state index in [2.05, 4.69) is 41.5 Å². The van der Waals surface area contributed by atoms with E-state index >= 15 is 0 Å². The summed E-state index contributed by atoms with van der Waals surface area (Å²) >= 11 is 0. The quantitative estimate of drug-likeness (QED) is 0.514. The molecule has 0 aromatic heterocycles. The van der Waals surface area contributed by atoms with Crippen LogP contribution in [0.2, 0.25) is 0 Å². The molecule has 0 atom stereocenters. The minimum absolute atomic E-state index is 0.924. The van der Waals surface area contributed by atoms with Gasteiger partial charge in [-0.05, 0) is 61.2 Å². The maximum absolute atomic E-state index is 2.39. The van der Waals surface area contributed by atoms with Gasteiger partial charge >= 0.3 is 0 Å². The Hall–Kier alpha value is 0. The maximum Gasteiger partial charge on any atom is -0.0391 e. The zero-order valence-corrected chi connectivity index (χ0v) is 15.1. The van der Waals surface area contributed by atoms with Gasteiger partial charge in [0, 0.05) is 0 Å². The van der Waals surface area contributed by atoms with Crippen molar-refractivity contribution in [3.05, 3.63) is 0 Å². The topological polar surface area (TPSA) is 0 Å². The summed E-state index contributed by atoms with van der Waals surface area (Å²) in [5.74, 6) is 5.94. The first-order chi connectivity index (χ1) is 9.40. The van der Waals surface area contributed by atoms with Crippen LogP contribution in [0.3, 0.4) is 0 Å². The zero-order valence-electron chi connectivity index (χ0n) is 15.1. The third-order valence-corrected chi connectivity index (χ3v) is 6.01. The van der Waals surface area contributed by atoms with E-state index in [1.165, 1.54) is 51.4 Å². The van der Waals surface area contributed by atoms with Crippen LogP contribution in [0.1, 0.15) is 92.9 Å². The molecule has 0 bridgehead atoms. The van der Waals surface area contributed by atoms with Crippen LogP contribution >= 0.6 is 0 Å². The van der Waals surface area contributed by atoms with E-state index in [4.69, 9.17) is 0 Å². The van der Waals surface area contributed by atoms with Gasteiger partial charge in [-0.15, -0.1) is 0 Å². The number of rotatable bonds is 2. The fourth-order valence-corrected chi connectivity index (χ4v) is 3.91. The van der Waals surface area contributed by atoms with E-state index in [0.29, 0.717) is 0 Å². The summed E-state index contributed by atoms with van der Waals surface area (Å²) in [6.07, 6.45) is 11.8. The van der Waals surface area contributed by atoms with Crippen molar-refractivity contribution in [2.24, 2.45) is 35.5 Å². The lowest BCUT2D eigenvalue weighted by Gasteiger charge is -2.28. The van der Waals surface area contributed by atoms with Gasteiger partial charge in [0.1, 0.15) is 0 Å². The van der Waals surface area contributed by atoms with Crippen molar-refractivity contribution in [2.75, 3.05) is 0 Å². The number of hydrogen-bond donors (Lipinski definition) is 0. The molecule has 0 amide bonds. The van der Waals surface area contributed by atoms with Gasteiger partial charge in [0.15, 0.2) is 0 Å². The van der Waals surface area contributed by atoms with Crippen molar-refractivity contribution in [3.63, 3.8) is 0 Å². The van der Waals surface area contributed by atoms with Gasteiger partial charge in [-0.1, -0.05) is 67.2 Å². The first-order valence-electron chi connectivity index (χ1n) is 9.40. The highest BCUT2D eigenvalue weighted by Gasteiger charge is 2.20. The molecule has 2 fully saturated rings. The van der Waals surface area contributed by atoms with E-state index < -0.39 is 0 Å². The molecule has 0 saturated heterocycles. The van der Waals surface area contributed by atoms with Crippen LogP contribution in [0.5, 0.6) is 0 Å². The molecule has 2 aliphatic rings. The van der Waals surface area contributed by atoms with Crippen LogP contribution < -0.4 is 0 Å². The van der Waals surface area contributed by atoms with Crippen molar-refractivity contribution in [1.82, 2.24) is 0 Å². The fraction of sp³-hybridized carbons (Fsp3) is 1.00. The summed E-state index contributed by atoms with van der Waals surface area (Å²) in [6.45, 7) is 14.2. The fourth-order valence-electron chi connectivity index (χ4n) is 3.91. The normalized spacial score (nSPS) is 34.8. The van der Waals surface area contributed by atoms with E-state index in [1.54, 1.807) is 0 Å². The van der Waals surface area contributed by atoms with Gasteiger partial charge in [-0.2, -0.15) is 0 Å². The molecule has 0 heteroatoms. The summed E-state index contributed by atoms with van der Waals surface area (Å²) in [6, 6.07) is 0. The zero-order chi connectivity index (χ0) is 15.1. The molecule has 0 radical (unpaired) electrons. The third-order valence-electron chi connectivity index (χ3n) is 6.01. The van der Waals surface area contributed by atoms with Gasteiger partial charge in [-0.25, -0.2) is 0 Å². The molecule has 0 N–H and O–H groups in total. The monoisotopic (exact) mass is 280 g/mol. The Morgan fingerprint density at radius 2 is 0.750 bits per heavy atom. The first-order valence-corrected chi connectivity index (χ1v) is 9.40. The first kappa shape index (κ1) is 18.1. The molecule has 0 aromatic rings. The van der Waals surface area contributed by atoms with Crippen molar-refractivity contribution in [1.29, 1.82) is 0 Å². The summed E-state index contributed by atoms with van der Waals surface area (Å²) in [5.41, 5.74) is 0. The molecule has 0 aliphatic heterocycles. The molecule has 0 nitrogen and oxygen atoms in total. The van der Waals surface area contributed by atoms with Crippen molar-refractivity contribution in [2.45, 2.75) is 92.9 Å². The Balaban J connectivity index is 0.000000200. The van der Waals surface area contributed by atoms with Gasteiger partial charge < -0.3 is 0 Å².